The molecule has 2 aromatic rings. The number of hydrogen-bond donors (Lipinski definition) is 5. The molecule has 9 nitrogen and oxygen atoms in total. The molecule has 9 heteroatoms. The second-order valence-corrected chi connectivity index (χ2v) is 9.17. The first-order chi connectivity index (χ1) is 16.1. The minimum atomic E-state index is -1.64. The Morgan fingerprint density at radius 2 is 1.82 bits per heavy atom. The molecule has 1 heterocycles. The number of carbonyl (C=O) groups excluding carboxylic acids is 1. The molecule has 2 aromatic carbocycles. The average molecular weight is 479 g/mol. The number of methoxy groups -OCH3 is 1. The van der Waals surface area contributed by atoms with Gasteiger partial charge in [0.05, 0.1) is 24.7 Å². The van der Waals surface area contributed by atoms with Crippen molar-refractivity contribution in [2.24, 2.45) is 5.92 Å². The van der Waals surface area contributed by atoms with E-state index in [9.17, 15) is 30.3 Å². The maximum Gasteiger partial charge on any atom is 0.229 e. The van der Waals surface area contributed by atoms with Crippen molar-refractivity contribution in [2.75, 3.05) is 13.7 Å². The number of aryl methyl sites for hydroxylation is 1. The van der Waals surface area contributed by atoms with E-state index in [1.54, 1.807) is 19.1 Å². The van der Waals surface area contributed by atoms with Gasteiger partial charge in [-0.2, -0.15) is 0 Å². The molecule has 34 heavy (non-hydrogen) atoms. The quantitative estimate of drug-likeness (QED) is 0.342. The van der Waals surface area contributed by atoms with Gasteiger partial charge < -0.3 is 39.7 Å². The van der Waals surface area contributed by atoms with Crippen LogP contribution in [0.2, 0.25) is 0 Å². The third-order valence-corrected chi connectivity index (χ3v) is 6.14. The summed E-state index contributed by atoms with van der Waals surface area (Å²) < 4.78 is 16.6. The summed E-state index contributed by atoms with van der Waals surface area (Å²) in [5.41, 5.74) is 0.798. The maximum atomic E-state index is 13.0. The van der Waals surface area contributed by atoms with Gasteiger partial charge >= 0.3 is 0 Å². The normalized spacial score (nSPS) is 25.0. The summed E-state index contributed by atoms with van der Waals surface area (Å²) in [5, 5.41) is 51.9. The van der Waals surface area contributed by atoms with Crippen molar-refractivity contribution in [3.05, 3.63) is 29.3 Å². The van der Waals surface area contributed by atoms with E-state index in [0.717, 1.165) is 6.42 Å². The van der Waals surface area contributed by atoms with Crippen LogP contribution in [0.3, 0.4) is 0 Å². The van der Waals surface area contributed by atoms with Gasteiger partial charge in [0.25, 0.3) is 0 Å². The minimum Gasteiger partial charge on any atom is -0.506 e. The van der Waals surface area contributed by atoms with Crippen molar-refractivity contribution in [1.29, 1.82) is 0 Å². The maximum absolute atomic E-state index is 13.0. The lowest BCUT2D eigenvalue weighted by atomic mass is 9.93. The molecule has 5 N–H and O–H groups in total. The van der Waals surface area contributed by atoms with Crippen LogP contribution in [0.25, 0.3) is 10.8 Å². The Kier molecular flexibility index (Phi) is 8.38. The summed E-state index contributed by atoms with van der Waals surface area (Å²) in [6.45, 7) is 5.30. The Bertz CT molecular complexity index is 1020. The second kappa shape index (κ2) is 10.9. The number of phenolic OH excluding ortho intramolecular Hbond substituents is 1. The number of Topliss-reactive ketones (excluding diaryl/α,β-unsaturated/α-hetero) is 1. The van der Waals surface area contributed by atoms with Crippen LogP contribution in [0, 0.1) is 12.8 Å². The van der Waals surface area contributed by atoms with E-state index >= 15 is 0 Å². The molecular weight excluding hydrogens is 444 g/mol. The van der Waals surface area contributed by atoms with Crippen LogP contribution in [0.4, 0.5) is 0 Å². The Balaban J connectivity index is 2.04. The third-order valence-electron chi connectivity index (χ3n) is 6.14. The molecule has 188 valence electrons. The van der Waals surface area contributed by atoms with Gasteiger partial charge in [-0.05, 0) is 36.3 Å². The third kappa shape index (κ3) is 5.29. The van der Waals surface area contributed by atoms with Crippen molar-refractivity contribution in [1.82, 2.24) is 0 Å². The van der Waals surface area contributed by atoms with Gasteiger partial charge in [-0.3, -0.25) is 4.79 Å². The zero-order valence-electron chi connectivity index (χ0n) is 19.9. The molecule has 5 atom stereocenters. The molecule has 1 fully saturated rings. The summed E-state index contributed by atoms with van der Waals surface area (Å²) in [7, 11) is 1.46. The van der Waals surface area contributed by atoms with E-state index < -0.39 is 37.3 Å². The first kappa shape index (κ1) is 26.2. The number of benzene rings is 2. The first-order valence-corrected chi connectivity index (χ1v) is 11.4. The highest BCUT2D eigenvalue weighted by Crippen LogP contribution is 2.42. The highest BCUT2D eigenvalue weighted by atomic mass is 16.7. The zero-order valence-corrected chi connectivity index (χ0v) is 19.9. The highest BCUT2D eigenvalue weighted by molar-refractivity contribution is 6.08. The molecule has 3 rings (SSSR count). The van der Waals surface area contributed by atoms with E-state index in [-0.39, 0.29) is 34.7 Å². The van der Waals surface area contributed by atoms with Crippen LogP contribution >= 0.6 is 0 Å². The number of rotatable bonds is 9. The molecule has 0 amide bonds. The molecule has 0 bridgehead atoms. The summed E-state index contributed by atoms with van der Waals surface area (Å²) in [6, 6.07) is 4.88. The lowest BCUT2D eigenvalue weighted by Gasteiger charge is -2.39. The standard InChI is InChI=1S/C25H34O9/c1-12(2)6-5-7-16(27)19-13(3)8-14-9-15(32-4)10-17(20(14)22(19)29)33-25-24(31)23(30)21(28)18(11-26)34-25/h8-10,12,18,21,23-26,28-31H,5-7,11H2,1-4H3. The van der Waals surface area contributed by atoms with Gasteiger partial charge in [-0.25, -0.2) is 0 Å². The molecule has 0 spiro atoms. The number of aliphatic hydroxyl groups excluding tert-OH is 4. The van der Waals surface area contributed by atoms with Crippen LogP contribution < -0.4 is 9.47 Å². The van der Waals surface area contributed by atoms with Crippen LogP contribution in [0.15, 0.2) is 18.2 Å². The summed E-state index contributed by atoms with van der Waals surface area (Å²) >= 11 is 0. The molecule has 0 aliphatic carbocycles. The van der Waals surface area contributed by atoms with Crippen molar-refractivity contribution in [2.45, 2.75) is 70.7 Å². The van der Waals surface area contributed by atoms with Gasteiger partial charge in [-0.1, -0.05) is 26.3 Å². The van der Waals surface area contributed by atoms with E-state index in [4.69, 9.17) is 14.2 Å². The van der Waals surface area contributed by atoms with Crippen molar-refractivity contribution in [3.63, 3.8) is 0 Å². The highest BCUT2D eigenvalue weighted by Gasteiger charge is 2.45. The number of ketones is 1. The second-order valence-electron chi connectivity index (χ2n) is 9.17. The Morgan fingerprint density at radius 3 is 2.44 bits per heavy atom. The molecule has 0 saturated carbocycles. The smallest absolute Gasteiger partial charge is 0.229 e. The lowest BCUT2D eigenvalue weighted by Crippen LogP contribution is -2.60. The molecule has 1 aliphatic heterocycles. The Morgan fingerprint density at radius 1 is 1.12 bits per heavy atom. The number of aliphatic hydroxyl groups is 4. The topological polar surface area (TPSA) is 146 Å². The van der Waals surface area contributed by atoms with Crippen molar-refractivity contribution >= 4 is 16.6 Å². The fourth-order valence-corrected chi connectivity index (χ4v) is 4.24. The predicted molar refractivity (Wildman–Crippen MR) is 124 cm³/mol. The fourth-order valence-electron chi connectivity index (χ4n) is 4.24. The van der Waals surface area contributed by atoms with Crippen molar-refractivity contribution in [3.8, 4) is 17.2 Å². The molecule has 5 unspecified atom stereocenters. The largest absolute Gasteiger partial charge is 0.506 e. The number of carbonyl (C=O) groups is 1. The number of hydrogen-bond acceptors (Lipinski definition) is 9. The van der Waals surface area contributed by atoms with Gasteiger partial charge in [0.1, 0.15) is 41.7 Å². The van der Waals surface area contributed by atoms with Gasteiger partial charge in [0, 0.05) is 12.5 Å². The SMILES string of the molecule is COc1cc(OC2OC(CO)C(O)C(O)C2O)c2c(O)c(C(=O)CCCC(C)C)c(C)cc2c1. The molecule has 1 aliphatic rings. The van der Waals surface area contributed by atoms with E-state index in [0.29, 0.717) is 29.0 Å². The fraction of sp³-hybridized carbons (Fsp3) is 0.560. The number of phenols is 1. The van der Waals surface area contributed by atoms with Crippen LogP contribution in [0.1, 0.15) is 49.0 Å². The van der Waals surface area contributed by atoms with Gasteiger partial charge in [-0.15, -0.1) is 0 Å². The summed E-state index contributed by atoms with van der Waals surface area (Å²) in [5.74, 6) is 0.457. The van der Waals surface area contributed by atoms with E-state index in [2.05, 4.69) is 13.8 Å². The van der Waals surface area contributed by atoms with Crippen molar-refractivity contribution < 1.29 is 44.5 Å². The average Bonchev–Trinajstić information content (AvgIpc) is 2.78. The molecule has 0 radical (unpaired) electrons. The van der Waals surface area contributed by atoms with Crippen LogP contribution in [-0.2, 0) is 4.74 Å². The number of aromatic hydroxyl groups is 1. The van der Waals surface area contributed by atoms with E-state index in [1.807, 2.05) is 0 Å². The Labute approximate surface area is 198 Å². The number of fused-ring (bicyclic) bond motifs is 1. The lowest BCUT2D eigenvalue weighted by molar-refractivity contribution is -0.277. The number of ether oxygens (including phenoxy) is 3. The van der Waals surface area contributed by atoms with Crippen LogP contribution in [-0.4, -0.2) is 75.7 Å². The van der Waals surface area contributed by atoms with Gasteiger partial charge in [0.2, 0.25) is 6.29 Å². The monoisotopic (exact) mass is 478 g/mol. The molecular formula is C25H34O9. The first-order valence-electron chi connectivity index (χ1n) is 11.4. The van der Waals surface area contributed by atoms with E-state index in [1.165, 1.54) is 13.2 Å². The Hall–Kier alpha value is -2.43. The predicted octanol–water partition coefficient (Wildman–Crippen LogP) is 2.05. The zero-order chi connectivity index (χ0) is 25.2. The minimum absolute atomic E-state index is 0.0485. The van der Waals surface area contributed by atoms with Gasteiger partial charge in [0.15, 0.2) is 5.78 Å². The summed E-state index contributed by atoms with van der Waals surface area (Å²) in [6.07, 6.45) is -5.53. The summed E-state index contributed by atoms with van der Waals surface area (Å²) in [4.78, 5) is 13.0. The molecule has 0 aromatic heterocycles. The molecule has 1 saturated heterocycles. The van der Waals surface area contributed by atoms with Crippen LogP contribution in [0.5, 0.6) is 17.2 Å².